The summed E-state index contributed by atoms with van der Waals surface area (Å²) < 4.78 is 11.6. The summed E-state index contributed by atoms with van der Waals surface area (Å²) in [6.07, 6.45) is 4.90. The van der Waals surface area contributed by atoms with E-state index in [-0.39, 0.29) is 0 Å². The van der Waals surface area contributed by atoms with Gasteiger partial charge in [-0.25, -0.2) is 9.97 Å². The summed E-state index contributed by atoms with van der Waals surface area (Å²) >= 11 is 14.3. The van der Waals surface area contributed by atoms with Crippen LogP contribution < -0.4 is 20.1 Å². The third kappa shape index (κ3) is 5.86. The number of hydrogen-bond donors (Lipinski definition) is 2. The Morgan fingerprint density at radius 2 is 1.04 bits per heavy atom. The summed E-state index contributed by atoms with van der Waals surface area (Å²) in [5, 5.41) is 8.44. The number of pyridine rings is 2. The Bertz CT molecular complexity index is 1710. The second-order valence-electron chi connectivity index (χ2n) is 13.9. The zero-order valence-corrected chi connectivity index (χ0v) is 29.1. The van der Waals surface area contributed by atoms with Crippen molar-refractivity contribution in [2.24, 2.45) is 0 Å². The van der Waals surface area contributed by atoms with Crippen LogP contribution in [0.1, 0.15) is 36.8 Å². The van der Waals surface area contributed by atoms with Crippen LogP contribution in [-0.4, -0.2) is 84.3 Å². The average molecular weight is 686 g/mol. The summed E-state index contributed by atoms with van der Waals surface area (Å²) in [7, 11) is 3.36. The number of nitrogens with zero attached hydrogens (tertiary/aromatic N) is 4. The lowest BCUT2D eigenvalue weighted by Gasteiger charge is -2.40. The van der Waals surface area contributed by atoms with Crippen LogP contribution in [0.5, 0.6) is 11.8 Å². The Morgan fingerprint density at radius 1 is 0.625 bits per heavy atom. The van der Waals surface area contributed by atoms with Crippen LogP contribution in [0.2, 0.25) is 10.0 Å². The smallest absolute Gasteiger partial charge is 0.218 e. The highest BCUT2D eigenvalue weighted by atomic mass is 35.5. The largest absolute Gasteiger partial charge is 0.481 e. The van der Waals surface area contributed by atoms with E-state index in [1.807, 2.05) is 48.5 Å². The van der Waals surface area contributed by atoms with E-state index in [0.29, 0.717) is 32.9 Å². The molecule has 8 nitrogen and oxygen atoms in total. The third-order valence-corrected chi connectivity index (χ3v) is 11.8. The van der Waals surface area contributed by atoms with Crippen LogP contribution in [0.3, 0.4) is 0 Å². The van der Waals surface area contributed by atoms with E-state index in [2.05, 4.69) is 32.6 Å². The number of rotatable bonds is 9. The van der Waals surface area contributed by atoms with E-state index in [4.69, 9.17) is 42.6 Å². The molecular weight excluding hydrogens is 643 g/mol. The van der Waals surface area contributed by atoms with Crippen molar-refractivity contribution < 1.29 is 9.47 Å². The standard InChI is InChI=1S/C38H42Cl2N6O2/c1-47-35-25(21-45-19-15-37(23-45)13-17-41-37)9-11-31(43-35)29-7-3-5-27(33(29)39)28-6-4-8-30(34(28)40)32-12-10-26(36(44-32)48-2)22-46-20-16-38(24-46)14-18-42-38/h3-12,41-42H,13-24H2,1-2H3. The Balaban J connectivity index is 1.04. The van der Waals surface area contributed by atoms with Crippen molar-refractivity contribution in [3.63, 3.8) is 0 Å². The van der Waals surface area contributed by atoms with Crippen LogP contribution in [0.4, 0.5) is 0 Å². The molecule has 2 unspecified atom stereocenters. The highest BCUT2D eigenvalue weighted by Crippen LogP contribution is 2.43. The number of hydrogen-bond acceptors (Lipinski definition) is 8. The minimum Gasteiger partial charge on any atom is -0.481 e. The van der Waals surface area contributed by atoms with Crippen LogP contribution in [0.25, 0.3) is 33.6 Å². The summed E-state index contributed by atoms with van der Waals surface area (Å²) in [5.41, 5.74) is 7.60. The molecule has 8 rings (SSSR count). The van der Waals surface area contributed by atoms with Crippen LogP contribution in [0.15, 0.2) is 60.7 Å². The lowest BCUT2D eigenvalue weighted by Crippen LogP contribution is -2.58. The van der Waals surface area contributed by atoms with E-state index in [9.17, 15) is 0 Å². The molecule has 0 saturated carbocycles. The SMILES string of the molecule is COc1nc(-c2cccc(-c3cccc(-c4ccc(CN5CCC6(CCN6)C5)c(OC)n4)c3Cl)c2Cl)ccc1CN1CCC2(CCN2)C1. The topological polar surface area (TPSA) is 74.8 Å². The molecule has 0 radical (unpaired) electrons. The summed E-state index contributed by atoms with van der Waals surface area (Å²) in [4.78, 5) is 14.8. The first-order chi connectivity index (χ1) is 23.4. The van der Waals surface area contributed by atoms with Gasteiger partial charge in [-0.3, -0.25) is 9.80 Å². The molecule has 6 heterocycles. The van der Waals surface area contributed by atoms with Crippen LogP contribution in [-0.2, 0) is 13.1 Å². The van der Waals surface area contributed by atoms with Crippen molar-refractivity contribution in [1.29, 1.82) is 0 Å². The average Bonchev–Trinajstić information content (AvgIpc) is 3.71. The highest BCUT2D eigenvalue weighted by molar-refractivity contribution is 6.39. The van der Waals surface area contributed by atoms with Crippen LogP contribution in [0, 0.1) is 0 Å². The molecule has 250 valence electrons. The van der Waals surface area contributed by atoms with Crippen molar-refractivity contribution in [3.8, 4) is 45.4 Å². The molecule has 2 atom stereocenters. The van der Waals surface area contributed by atoms with Crippen molar-refractivity contribution in [2.45, 2.75) is 49.9 Å². The second kappa shape index (κ2) is 12.9. The normalized spacial score (nSPS) is 23.8. The predicted octanol–water partition coefficient (Wildman–Crippen LogP) is 6.68. The van der Waals surface area contributed by atoms with Crippen molar-refractivity contribution in [1.82, 2.24) is 30.4 Å². The fourth-order valence-corrected chi connectivity index (χ4v) is 8.68. The number of ether oxygens (including phenoxy) is 2. The molecule has 2 spiro atoms. The first-order valence-corrected chi connectivity index (χ1v) is 17.7. The molecule has 2 aromatic carbocycles. The summed E-state index contributed by atoms with van der Waals surface area (Å²) in [6, 6.07) is 20.3. The predicted molar refractivity (Wildman–Crippen MR) is 192 cm³/mol. The molecule has 4 aliphatic rings. The Hall–Kier alpha value is -3.24. The molecule has 48 heavy (non-hydrogen) atoms. The van der Waals surface area contributed by atoms with Crippen LogP contribution >= 0.6 is 23.2 Å². The maximum absolute atomic E-state index is 7.16. The minimum atomic E-state index is 0.309. The fourth-order valence-electron chi connectivity index (χ4n) is 8.03. The number of nitrogens with one attached hydrogen (secondary N) is 2. The third-order valence-electron chi connectivity index (χ3n) is 11.0. The summed E-state index contributed by atoms with van der Waals surface area (Å²) in [5.74, 6) is 1.26. The first-order valence-electron chi connectivity index (χ1n) is 17.0. The zero-order chi connectivity index (χ0) is 32.9. The van der Waals surface area contributed by atoms with Gasteiger partial charge in [0.15, 0.2) is 0 Å². The van der Waals surface area contributed by atoms with Gasteiger partial charge in [0.25, 0.3) is 0 Å². The maximum Gasteiger partial charge on any atom is 0.218 e. The molecule has 10 heteroatoms. The van der Waals surface area contributed by atoms with Gasteiger partial charge in [0.2, 0.25) is 11.8 Å². The highest BCUT2D eigenvalue weighted by Gasteiger charge is 2.43. The molecule has 4 saturated heterocycles. The second-order valence-corrected chi connectivity index (χ2v) is 14.7. The number of aromatic nitrogens is 2. The molecule has 2 N–H and O–H groups in total. The molecule has 2 aromatic heterocycles. The van der Waals surface area contributed by atoms with E-state index in [1.165, 1.54) is 25.7 Å². The van der Waals surface area contributed by atoms with Gasteiger partial charge in [0.1, 0.15) is 0 Å². The Morgan fingerprint density at radius 3 is 1.40 bits per heavy atom. The van der Waals surface area contributed by atoms with Gasteiger partial charge in [-0.2, -0.15) is 0 Å². The molecule has 0 amide bonds. The van der Waals surface area contributed by atoms with Gasteiger partial charge >= 0.3 is 0 Å². The molecule has 0 bridgehead atoms. The number of methoxy groups -OCH3 is 2. The molecule has 4 fully saturated rings. The van der Waals surface area contributed by atoms with Gasteiger partial charge in [-0.15, -0.1) is 0 Å². The minimum absolute atomic E-state index is 0.309. The number of benzene rings is 2. The van der Waals surface area contributed by atoms with Gasteiger partial charge in [0.05, 0.1) is 35.7 Å². The Labute approximate surface area is 292 Å². The van der Waals surface area contributed by atoms with Crippen molar-refractivity contribution in [3.05, 3.63) is 81.8 Å². The molecule has 4 aromatic rings. The number of halogens is 2. The van der Waals surface area contributed by atoms with E-state index in [1.54, 1.807) is 14.2 Å². The maximum atomic E-state index is 7.16. The first kappa shape index (κ1) is 32.0. The molecule has 0 aliphatic carbocycles. The number of likely N-dealkylation sites (tertiary alicyclic amines) is 2. The van der Waals surface area contributed by atoms with Crippen molar-refractivity contribution in [2.75, 3.05) is 53.5 Å². The van der Waals surface area contributed by atoms with Crippen molar-refractivity contribution >= 4 is 23.2 Å². The fraction of sp³-hybridized carbons (Fsp3) is 0.421. The zero-order valence-electron chi connectivity index (χ0n) is 27.6. The van der Waals surface area contributed by atoms with Gasteiger partial charge in [0, 0.05) is 83.7 Å². The Kier molecular flexibility index (Phi) is 8.60. The lowest BCUT2D eigenvalue weighted by molar-refractivity contribution is 0.198. The van der Waals surface area contributed by atoms with Gasteiger partial charge < -0.3 is 20.1 Å². The quantitative estimate of drug-likeness (QED) is 0.202. The van der Waals surface area contributed by atoms with E-state index < -0.39 is 0 Å². The lowest BCUT2D eigenvalue weighted by atomic mass is 9.87. The monoisotopic (exact) mass is 684 g/mol. The van der Waals surface area contributed by atoms with E-state index in [0.717, 1.165) is 97.1 Å². The van der Waals surface area contributed by atoms with Gasteiger partial charge in [-0.05, 0) is 50.9 Å². The van der Waals surface area contributed by atoms with E-state index >= 15 is 0 Å². The summed E-state index contributed by atoms with van der Waals surface area (Å²) in [6.45, 7) is 8.16. The molecule has 4 aliphatic heterocycles. The molecular formula is C38H42Cl2N6O2. The van der Waals surface area contributed by atoms with Gasteiger partial charge in [-0.1, -0.05) is 71.7 Å².